The maximum absolute atomic E-state index is 10.9. The number of hydrogen-bond donors (Lipinski definition) is 4. The first-order valence-corrected chi connectivity index (χ1v) is 9.18. The van der Waals surface area contributed by atoms with E-state index in [2.05, 4.69) is 0 Å². The standard InChI is InChI=1S/2C12H8O4/c2*13-11(14)9-5-7-3-1-2-4-8(7)6-10(9)12(15)16/h2*1-6H,(H,13,14)(H,15,16). The Morgan fingerprint density at radius 1 is 0.406 bits per heavy atom. The predicted octanol–water partition coefficient (Wildman–Crippen LogP) is 4.47. The van der Waals surface area contributed by atoms with Gasteiger partial charge in [0, 0.05) is 0 Å². The van der Waals surface area contributed by atoms with Crippen molar-refractivity contribution in [1.29, 1.82) is 0 Å². The maximum Gasteiger partial charge on any atom is 0.336 e. The van der Waals surface area contributed by atoms with Crippen LogP contribution in [0.3, 0.4) is 0 Å². The summed E-state index contributed by atoms with van der Waals surface area (Å²) in [5.41, 5.74) is -0.755. The predicted molar refractivity (Wildman–Crippen MR) is 116 cm³/mol. The van der Waals surface area contributed by atoms with Gasteiger partial charge in [0.25, 0.3) is 0 Å². The number of rotatable bonds is 4. The van der Waals surface area contributed by atoms with Gasteiger partial charge < -0.3 is 20.4 Å². The Balaban J connectivity index is 0.000000181. The summed E-state index contributed by atoms with van der Waals surface area (Å²) >= 11 is 0. The molecule has 0 aliphatic rings. The topological polar surface area (TPSA) is 149 Å². The second-order valence-corrected chi connectivity index (χ2v) is 6.71. The summed E-state index contributed by atoms with van der Waals surface area (Å²) < 4.78 is 0. The number of hydrogen-bond acceptors (Lipinski definition) is 4. The van der Waals surface area contributed by atoms with Crippen molar-refractivity contribution in [2.75, 3.05) is 0 Å². The fraction of sp³-hybridized carbons (Fsp3) is 0. The smallest absolute Gasteiger partial charge is 0.336 e. The maximum atomic E-state index is 10.9. The van der Waals surface area contributed by atoms with Gasteiger partial charge in [-0.2, -0.15) is 0 Å². The molecule has 4 rings (SSSR count). The van der Waals surface area contributed by atoms with E-state index in [1.54, 1.807) is 48.5 Å². The molecule has 4 aromatic rings. The first-order chi connectivity index (χ1) is 15.2. The van der Waals surface area contributed by atoms with Crippen molar-refractivity contribution in [3.8, 4) is 0 Å². The summed E-state index contributed by atoms with van der Waals surface area (Å²) in [6, 6.07) is 19.6. The van der Waals surface area contributed by atoms with Crippen LogP contribution in [0, 0.1) is 0 Å². The molecule has 0 atom stereocenters. The van der Waals surface area contributed by atoms with Crippen molar-refractivity contribution in [3.05, 3.63) is 95.1 Å². The molecule has 0 saturated carbocycles. The summed E-state index contributed by atoms with van der Waals surface area (Å²) in [6.45, 7) is 0. The first kappa shape index (κ1) is 22.0. The van der Waals surface area contributed by atoms with Gasteiger partial charge in [-0.15, -0.1) is 0 Å². The highest BCUT2D eigenvalue weighted by Gasteiger charge is 2.17. The molecule has 8 nitrogen and oxygen atoms in total. The van der Waals surface area contributed by atoms with Crippen molar-refractivity contribution in [2.45, 2.75) is 0 Å². The summed E-state index contributed by atoms with van der Waals surface area (Å²) in [4.78, 5) is 43.6. The number of aromatic carboxylic acids is 4. The highest BCUT2D eigenvalue weighted by atomic mass is 16.4. The van der Waals surface area contributed by atoms with E-state index in [4.69, 9.17) is 20.4 Å². The van der Waals surface area contributed by atoms with Crippen LogP contribution < -0.4 is 0 Å². The summed E-state index contributed by atoms with van der Waals surface area (Å²) in [5.74, 6) is -4.93. The molecule has 4 N–H and O–H groups in total. The van der Waals surface area contributed by atoms with Gasteiger partial charge in [0.2, 0.25) is 0 Å². The SMILES string of the molecule is O=C(O)c1cc2ccccc2cc1C(=O)O.O=C(O)c1cc2ccccc2cc1C(=O)O. The molecule has 32 heavy (non-hydrogen) atoms. The zero-order valence-corrected chi connectivity index (χ0v) is 16.4. The fourth-order valence-corrected chi connectivity index (χ4v) is 3.19. The molecule has 0 saturated heterocycles. The van der Waals surface area contributed by atoms with Gasteiger partial charge >= 0.3 is 23.9 Å². The van der Waals surface area contributed by atoms with Crippen molar-refractivity contribution < 1.29 is 39.6 Å². The molecule has 0 radical (unpaired) electrons. The second kappa shape index (κ2) is 8.97. The minimum atomic E-state index is -1.23. The van der Waals surface area contributed by atoms with E-state index in [1.807, 2.05) is 0 Å². The van der Waals surface area contributed by atoms with Crippen LogP contribution in [0.4, 0.5) is 0 Å². The van der Waals surface area contributed by atoms with Crippen molar-refractivity contribution >= 4 is 45.4 Å². The average molecular weight is 432 g/mol. The third-order valence-corrected chi connectivity index (χ3v) is 4.69. The minimum absolute atomic E-state index is 0.189. The third kappa shape index (κ3) is 4.54. The number of fused-ring (bicyclic) bond motifs is 2. The Morgan fingerprint density at radius 3 is 0.750 bits per heavy atom. The van der Waals surface area contributed by atoms with Crippen molar-refractivity contribution in [1.82, 2.24) is 0 Å². The molecule has 160 valence electrons. The first-order valence-electron chi connectivity index (χ1n) is 9.18. The van der Waals surface area contributed by atoms with Gasteiger partial charge in [-0.05, 0) is 45.8 Å². The Hall–Kier alpha value is -4.72. The van der Waals surface area contributed by atoms with E-state index in [0.717, 1.165) is 0 Å². The number of benzene rings is 4. The van der Waals surface area contributed by atoms with Gasteiger partial charge in [0.15, 0.2) is 0 Å². The molecule has 0 aliphatic carbocycles. The summed E-state index contributed by atoms with van der Waals surface area (Å²) in [6.07, 6.45) is 0. The van der Waals surface area contributed by atoms with Crippen LogP contribution in [-0.4, -0.2) is 44.3 Å². The molecule has 0 amide bonds. The van der Waals surface area contributed by atoms with E-state index >= 15 is 0 Å². The summed E-state index contributed by atoms with van der Waals surface area (Å²) in [7, 11) is 0. The van der Waals surface area contributed by atoms with E-state index in [9.17, 15) is 19.2 Å². The lowest BCUT2D eigenvalue weighted by Gasteiger charge is -2.04. The van der Waals surface area contributed by atoms with Crippen LogP contribution in [0.5, 0.6) is 0 Å². The van der Waals surface area contributed by atoms with Crippen LogP contribution in [0.25, 0.3) is 21.5 Å². The second-order valence-electron chi connectivity index (χ2n) is 6.71. The number of carbonyl (C=O) groups is 4. The molecule has 0 bridgehead atoms. The molecule has 0 heterocycles. The Morgan fingerprint density at radius 2 is 0.594 bits per heavy atom. The molecule has 0 aromatic heterocycles. The summed E-state index contributed by atoms with van der Waals surface area (Å²) in [5, 5.41) is 38.5. The number of carboxylic acids is 4. The molecule has 0 spiro atoms. The van der Waals surface area contributed by atoms with Crippen molar-refractivity contribution in [3.63, 3.8) is 0 Å². The highest BCUT2D eigenvalue weighted by Crippen LogP contribution is 2.21. The van der Waals surface area contributed by atoms with Crippen LogP contribution in [-0.2, 0) is 0 Å². The van der Waals surface area contributed by atoms with Gasteiger partial charge in [-0.25, -0.2) is 19.2 Å². The van der Waals surface area contributed by atoms with Crippen LogP contribution in [0.15, 0.2) is 72.8 Å². The van der Waals surface area contributed by atoms with E-state index in [0.29, 0.717) is 21.5 Å². The average Bonchev–Trinajstić information content (AvgIpc) is 2.77. The molecule has 4 aromatic carbocycles. The normalized spacial score (nSPS) is 10.2. The highest BCUT2D eigenvalue weighted by molar-refractivity contribution is 6.07. The zero-order valence-electron chi connectivity index (χ0n) is 16.4. The van der Waals surface area contributed by atoms with Gasteiger partial charge in [0.05, 0.1) is 22.3 Å². The molecule has 0 fully saturated rings. The lowest BCUT2D eigenvalue weighted by molar-refractivity contribution is 0.0652. The Bertz CT molecular complexity index is 1180. The van der Waals surface area contributed by atoms with Gasteiger partial charge in [-0.1, -0.05) is 48.5 Å². The van der Waals surface area contributed by atoms with Crippen LogP contribution >= 0.6 is 0 Å². The van der Waals surface area contributed by atoms with Crippen LogP contribution in [0.1, 0.15) is 41.4 Å². The van der Waals surface area contributed by atoms with Gasteiger partial charge in [0.1, 0.15) is 0 Å². The third-order valence-electron chi connectivity index (χ3n) is 4.69. The van der Waals surface area contributed by atoms with E-state index in [-0.39, 0.29) is 22.3 Å². The molecular weight excluding hydrogens is 416 g/mol. The van der Waals surface area contributed by atoms with Gasteiger partial charge in [-0.3, -0.25) is 0 Å². The molecular formula is C24H16O8. The number of carboxylic acid groups (broad SMARTS) is 4. The van der Waals surface area contributed by atoms with E-state index < -0.39 is 23.9 Å². The Kier molecular flexibility index (Phi) is 6.16. The van der Waals surface area contributed by atoms with Crippen LogP contribution in [0.2, 0.25) is 0 Å². The quantitative estimate of drug-likeness (QED) is 0.369. The lowest BCUT2D eigenvalue weighted by Crippen LogP contribution is -2.07. The van der Waals surface area contributed by atoms with E-state index in [1.165, 1.54) is 24.3 Å². The Labute approximate surface area is 180 Å². The monoisotopic (exact) mass is 432 g/mol. The molecule has 0 unspecified atom stereocenters. The minimum Gasteiger partial charge on any atom is -0.478 e. The largest absolute Gasteiger partial charge is 0.478 e. The zero-order chi connectivity index (χ0) is 23.4. The molecule has 8 heteroatoms. The van der Waals surface area contributed by atoms with Crippen molar-refractivity contribution in [2.24, 2.45) is 0 Å². The molecule has 0 aliphatic heterocycles. The lowest BCUT2D eigenvalue weighted by atomic mass is 10.0. The fourth-order valence-electron chi connectivity index (χ4n) is 3.19.